The van der Waals surface area contributed by atoms with E-state index in [1.807, 2.05) is 42.4 Å². The summed E-state index contributed by atoms with van der Waals surface area (Å²) in [5, 5.41) is 17.4. The second-order valence-electron chi connectivity index (χ2n) is 18.4. The van der Waals surface area contributed by atoms with Gasteiger partial charge >= 0.3 is 283 Å². The Balaban J connectivity index is 1.09. The molecule has 1 fully saturated rings. The first kappa shape index (κ1) is 56.5. The molecule has 2 aromatic heterocycles. The van der Waals surface area contributed by atoms with Crippen LogP contribution in [0, 0.1) is 24.6 Å². The number of benzene rings is 2. The number of fused-ring (bicyclic) bond motifs is 5. The molecule has 1 aliphatic carbocycles. The molecule has 392 valence electrons. The number of hydrogen-bond acceptors (Lipinski definition) is 16. The van der Waals surface area contributed by atoms with Gasteiger partial charge in [-0.1, -0.05) is 6.92 Å². The fourth-order valence-electron chi connectivity index (χ4n) is 9.79. The molecule has 20 nitrogen and oxygen atoms in total. The van der Waals surface area contributed by atoms with E-state index in [-0.39, 0.29) is 59.4 Å². The Morgan fingerprint density at radius 1 is 1.11 bits per heavy atom. The number of halogens is 3. The van der Waals surface area contributed by atoms with Gasteiger partial charge in [-0.3, -0.25) is 4.79 Å². The third-order valence-electron chi connectivity index (χ3n) is 13.9. The summed E-state index contributed by atoms with van der Waals surface area (Å²) in [6, 6.07) is 9.50. The quantitative estimate of drug-likeness (QED) is 0.0594. The summed E-state index contributed by atoms with van der Waals surface area (Å²) in [7, 11) is 1.63. The Morgan fingerprint density at radius 3 is 2.55 bits per heavy atom. The van der Waals surface area contributed by atoms with Gasteiger partial charge in [0.15, 0.2) is 5.60 Å². The molecular weight excluding hydrogens is 1240 g/mol. The number of aromatic nitrogens is 2. The Hall–Kier alpha value is -4.71. The number of likely N-dealkylation sites (N-methyl/N-ethyl adjacent to an activating group) is 1. The van der Waals surface area contributed by atoms with Crippen LogP contribution in [-0.2, 0) is 78.8 Å². The summed E-state index contributed by atoms with van der Waals surface area (Å²) in [4.78, 5) is 99.2. The van der Waals surface area contributed by atoms with E-state index in [1.54, 1.807) is 53.6 Å². The minimum absolute atomic E-state index is 0.0122. The minimum atomic E-state index is -2.07. The van der Waals surface area contributed by atoms with E-state index >= 15 is 4.39 Å². The Labute approximate surface area is 460 Å². The predicted octanol–water partition coefficient (Wildman–Crippen LogP) is 5.19. The molecule has 0 bridgehead atoms. The molecule has 1 saturated heterocycles. The van der Waals surface area contributed by atoms with Crippen molar-refractivity contribution in [2.24, 2.45) is 11.8 Å². The normalized spacial score (nSPS) is 22.9. The first-order chi connectivity index (χ1) is 35.6. The van der Waals surface area contributed by atoms with E-state index in [0.29, 0.717) is 64.5 Å². The molecule has 4 aliphatic rings. The third kappa shape index (κ3) is 11.2. The van der Waals surface area contributed by atoms with Gasteiger partial charge in [0.1, 0.15) is 12.4 Å². The van der Waals surface area contributed by atoms with Gasteiger partial charge in [-0.15, -0.1) is 0 Å². The molecule has 8 rings (SSSR count). The number of esters is 2. The number of pyridine rings is 2. The number of ether oxygens (including phenoxy) is 5. The average molecular weight is 1290 g/mol. The fraction of sp³-hybridized carbons (Fsp3) is 0.435. The Morgan fingerprint density at radius 2 is 1.85 bits per heavy atom. The van der Waals surface area contributed by atoms with Crippen molar-refractivity contribution in [2.75, 3.05) is 18.9 Å². The van der Waals surface area contributed by atoms with Gasteiger partial charge in [-0.25, -0.2) is 19.0 Å². The molecule has 75 heavy (non-hydrogen) atoms. The van der Waals surface area contributed by atoms with Gasteiger partial charge < -0.3 is 19.7 Å². The molecule has 4 aromatic rings. The molecule has 3 N–H and O–H groups in total. The van der Waals surface area contributed by atoms with Crippen LogP contribution >= 0.6 is 57.7 Å². The predicted molar refractivity (Wildman–Crippen MR) is 296 cm³/mol. The van der Waals surface area contributed by atoms with Crippen LogP contribution in [0.3, 0.4) is 0 Å². The summed E-state index contributed by atoms with van der Waals surface area (Å²) in [6.07, 6.45) is -4.52. The van der Waals surface area contributed by atoms with Crippen molar-refractivity contribution in [3.05, 3.63) is 85.4 Å². The molecule has 4 unspecified atom stereocenters. The number of aliphatic hydroxyl groups is 1. The van der Waals surface area contributed by atoms with Gasteiger partial charge in [0.25, 0.3) is 5.56 Å². The summed E-state index contributed by atoms with van der Waals surface area (Å²) in [6.45, 7) is 6.87. The van der Waals surface area contributed by atoms with Crippen molar-refractivity contribution in [3.63, 3.8) is 0 Å². The number of rotatable bonds is 13. The van der Waals surface area contributed by atoms with Crippen molar-refractivity contribution >= 4 is 136 Å². The molecule has 29 heteroatoms. The number of anilines is 1. The first-order valence-corrected chi connectivity index (χ1v) is 31.2. The number of amides is 3. The van der Waals surface area contributed by atoms with E-state index < -0.39 is 105 Å². The van der Waals surface area contributed by atoms with Gasteiger partial charge in [-0.05, 0) is 48.9 Å². The number of carbonyl (C=O) groups excluding carboxylic acids is 6. The first-order valence-electron chi connectivity index (χ1n) is 23.6. The maximum atomic E-state index is 15.5. The molecule has 5 heterocycles. The number of hydrogen-bond donors (Lipinski definition) is 3. The van der Waals surface area contributed by atoms with Crippen LogP contribution < -0.4 is 20.9 Å². The SMILES string of the molecule is B/B=S(\I)OC(=O)N(C)CC(=O)Nc1cc(COC(=O)N[C@H]2CCc3c(C)c(F)cc4nc5c(c2c34)Cn2c-5cc3c(c2=O)COC(=O)[C@]3(O)CC)ccc1O[C@@H]1OC(C(=O)/S(I)=B/B=O)[C@@H](C)[C@H](C)C1OC(C)=O. The summed E-state index contributed by atoms with van der Waals surface area (Å²) >= 11 is 3.78. The van der Waals surface area contributed by atoms with E-state index in [0.717, 1.165) is 4.90 Å². The van der Waals surface area contributed by atoms with Crippen LogP contribution in [0.5, 0.6) is 5.75 Å². The zero-order valence-electron chi connectivity index (χ0n) is 41.5. The van der Waals surface area contributed by atoms with Crippen LogP contribution in [0.15, 0.2) is 35.1 Å². The number of cyclic esters (lactones) is 1. The molecule has 0 spiro atoms. The van der Waals surface area contributed by atoms with Gasteiger partial charge in [0.05, 0.1) is 35.1 Å². The van der Waals surface area contributed by atoms with E-state index in [9.17, 15) is 43.4 Å². The topological polar surface area (TPSA) is 257 Å². The Bertz CT molecular complexity index is 3250. The van der Waals surface area contributed by atoms with Crippen molar-refractivity contribution in [1.82, 2.24) is 19.8 Å². The van der Waals surface area contributed by atoms with E-state index in [1.165, 1.54) is 42.8 Å². The van der Waals surface area contributed by atoms with Crippen molar-refractivity contribution in [2.45, 2.75) is 104 Å². The van der Waals surface area contributed by atoms with E-state index in [2.05, 4.69) is 10.6 Å². The summed E-state index contributed by atoms with van der Waals surface area (Å²) < 4.78 is 63.0. The summed E-state index contributed by atoms with van der Waals surface area (Å²) in [5.41, 5.74) is 1.30. The van der Waals surface area contributed by atoms with Crippen LogP contribution in [0.2, 0.25) is 0 Å². The maximum absolute atomic E-state index is 15.5. The average Bonchev–Trinajstić information content (AvgIpc) is 3.74. The van der Waals surface area contributed by atoms with Crippen molar-refractivity contribution in [3.8, 4) is 17.1 Å². The van der Waals surface area contributed by atoms with Crippen LogP contribution in [0.4, 0.5) is 19.7 Å². The molecule has 3 aliphatic heterocycles. The van der Waals surface area contributed by atoms with Gasteiger partial charge in [-0.2, -0.15) is 0 Å². The van der Waals surface area contributed by atoms with Crippen LogP contribution in [0.25, 0.3) is 22.3 Å². The fourth-order valence-corrected chi connectivity index (χ4v) is 12.4. The Kier molecular flexibility index (Phi) is 17.4. The third-order valence-corrected chi connectivity index (χ3v) is 19.8. The molecule has 2 aromatic carbocycles. The van der Waals surface area contributed by atoms with Crippen LogP contribution in [-0.4, -0.2) is 114 Å². The molecule has 0 radical (unpaired) electrons. The number of carbonyl (C=O) groups is 6. The second-order valence-corrected chi connectivity index (χ2v) is 26.2. The van der Waals surface area contributed by atoms with Crippen molar-refractivity contribution in [1.29, 1.82) is 0 Å². The standard InChI is InChI=1S/C46H48B4FI2N5O15S2/c1-7-46(66)27-13-32-37-25(15-58(32)40(61)26(27)18-68-43(46)63)36-29(10-9-24-21(4)28(51)14-31(55-37)35(24)36)56-44(64)69-17-23-8-11-33(30(12-23)54-34(60)16-57(6)45(65)73-75(53)48-47)71-42-39(70-22(5)59)20(3)19(2)38(72-42)41(62)74(52)50-49-67/h8,11-14,19-20,29,38-39,42,66H,7,9-10,15-18,47H2,1-6H3,(H,54,60)(H,56,64)/t19-,20-,29-,38?,39?,42+,46-,74?,75?/m0/s1. The molecular formula is C46H48B4FI2N5O15S2. The number of nitrogens with one attached hydrogen (secondary N) is 2. The van der Waals surface area contributed by atoms with Gasteiger partial charge in [0.2, 0.25) is 0 Å². The van der Waals surface area contributed by atoms with Gasteiger partial charge in [0, 0.05) is 22.6 Å². The van der Waals surface area contributed by atoms with Crippen LogP contribution in [0.1, 0.15) is 85.5 Å². The zero-order valence-corrected chi connectivity index (χ0v) is 47.4. The second kappa shape index (κ2) is 23.1. The number of alkyl carbamates (subject to hydrolysis) is 1. The summed E-state index contributed by atoms with van der Waals surface area (Å²) in [5.74, 6) is -3.69. The number of nitrogens with zero attached hydrogens (tertiary/aromatic N) is 3. The van der Waals surface area contributed by atoms with Crippen molar-refractivity contribution < 1.29 is 70.8 Å². The molecule has 0 saturated carbocycles. The molecule has 9 atom stereocenters. The zero-order chi connectivity index (χ0) is 54.4. The van der Waals surface area contributed by atoms with E-state index in [4.69, 9.17) is 32.9 Å². The monoisotopic (exact) mass is 1290 g/mol. The number of aryl methyl sites for hydroxylation is 1. The molecule has 3 amide bonds.